The van der Waals surface area contributed by atoms with Gasteiger partial charge >= 0.3 is 0 Å². The van der Waals surface area contributed by atoms with E-state index < -0.39 is 0 Å². The van der Waals surface area contributed by atoms with Crippen molar-refractivity contribution in [3.63, 3.8) is 0 Å². The molecule has 0 bridgehead atoms. The first kappa shape index (κ1) is 14.1. The van der Waals surface area contributed by atoms with E-state index >= 15 is 0 Å². The van der Waals surface area contributed by atoms with Crippen LogP contribution in [0.4, 0.5) is 0 Å². The molecule has 0 aliphatic rings. The number of ether oxygens (including phenoxy) is 2. The van der Waals surface area contributed by atoms with E-state index in [1.54, 1.807) is 0 Å². The van der Waals surface area contributed by atoms with Crippen molar-refractivity contribution < 1.29 is 9.47 Å². The Morgan fingerprint density at radius 3 is 2.62 bits per heavy atom. The molecule has 3 aromatic rings. The molecule has 0 fully saturated rings. The molecular formula is C15H13ClN2O2S. The molecule has 0 radical (unpaired) electrons. The van der Waals surface area contributed by atoms with Gasteiger partial charge in [0.25, 0.3) is 5.19 Å². The normalized spacial score (nSPS) is 10.8. The van der Waals surface area contributed by atoms with Crippen LogP contribution in [0.15, 0.2) is 42.5 Å². The topological polar surface area (TPSA) is 57.4 Å². The van der Waals surface area contributed by atoms with Crippen molar-refractivity contribution in [1.82, 2.24) is 4.98 Å². The molecule has 4 nitrogen and oxygen atoms in total. The summed E-state index contributed by atoms with van der Waals surface area (Å²) in [6, 6.07) is 13.0. The van der Waals surface area contributed by atoms with Crippen molar-refractivity contribution in [3.05, 3.63) is 47.5 Å². The Balaban J connectivity index is 1.75. The van der Waals surface area contributed by atoms with Crippen molar-refractivity contribution in [2.75, 3.05) is 13.2 Å². The van der Waals surface area contributed by atoms with Crippen LogP contribution >= 0.6 is 22.9 Å². The van der Waals surface area contributed by atoms with Gasteiger partial charge in [0.05, 0.1) is 10.2 Å². The highest BCUT2D eigenvalue weighted by Crippen LogP contribution is 2.32. The van der Waals surface area contributed by atoms with E-state index in [4.69, 9.17) is 26.8 Å². The molecule has 0 unspecified atom stereocenters. The fourth-order valence-corrected chi connectivity index (χ4v) is 2.79. The molecule has 0 atom stereocenters. The van der Waals surface area contributed by atoms with Crippen molar-refractivity contribution in [2.45, 2.75) is 0 Å². The van der Waals surface area contributed by atoms with Crippen LogP contribution in [-0.4, -0.2) is 18.1 Å². The highest BCUT2D eigenvalue weighted by Gasteiger charge is 2.06. The molecule has 3 rings (SSSR count). The number of halogens is 1. The van der Waals surface area contributed by atoms with Crippen LogP contribution in [0.3, 0.4) is 0 Å². The van der Waals surface area contributed by atoms with Crippen molar-refractivity contribution in [3.8, 4) is 16.7 Å². The SMILES string of the molecule is NCCOc1ccc(Oc2nc3cc(Cl)ccc3s2)cc1. The maximum Gasteiger partial charge on any atom is 0.279 e. The number of hydrogen-bond donors (Lipinski definition) is 1. The Kier molecular flexibility index (Phi) is 4.24. The van der Waals surface area contributed by atoms with Crippen LogP contribution in [0.25, 0.3) is 10.2 Å². The van der Waals surface area contributed by atoms with Gasteiger partial charge in [-0.2, -0.15) is 0 Å². The van der Waals surface area contributed by atoms with Gasteiger partial charge in [0.2, 0.25) is 0 Å². The summed E-state index contributed by atoms with van der Waals surface area (Å²) < 4.78 is 12.2. The molecule has 2 aromatic carbocycles. The molecule has 0 aliphatic heterocycles. The smallest absolute Gasteiger partial charge is 0.279 e. The van der Waals surface area contributed by atoms with Crippen LogP contribution in [0.2, 0.25) is 5.02 Å². The number of nitrogens with two attached hydrogens (primary N) is 1. The summed E-state index contributed by atoms with van der Waals surface area (Å²) in [6.45, 7) is 0.991. The summed E-state index contributed by atoms with van der Waals surface area (Å²) in [4.78, 5) is 4.40. The molecule has 0 amide bonds. The standard InChI is InChI=1S/C15H13ClN2O2S/c16-10-1-6-14-13(9-10)18-15(21-14)20-12-4-2-11(3-5-12)19-8-7-17/h1-6,9H,7-8,17H2. The summed E-state index contributed by atoms with van der Waals surface area (Å²) in [6.07, 6.45) is 0. The Bertz CT molecular complexity index is 743. The van der Waals surface area contributed by atoms with Crippen LogP contribution in [0, 0.1) is 0 Å². The molecule has 108 valence electrons. The molecule has 21 heavy (non-hydrogen) atoms. The maximum absolute atomic E-state index is 5.95. The molecule has 0 saturated heterocycles. The van der Waals surface area contributed by atoms with Crippen molar-refractivity contribution in [2.24, 2.45) is 5.73 Å². The number of benzene rings is 2. The third-order valence-corrected chi connectivity index (χ3v) is 3.89. The lowest BCUT2D eigenvalue weighted by molar-refractivity contribution is 0.328. The second-order valence-corrected chi connectivity index (χ2v) is 5.73. The number of hydrogen-bond acceptors (Lipinski definition) is 5. The fourth-order valence-electron chi connectivity index (χ4n) is 1.80. The van der Waals surface area contributed by atoms with E-state index in [9.17, 15) is 0 Å². The van der Waals surface area contributed by atoms with Gasteiger partial charge < -0.3 is 15.2 Å². The van der Waals surface area contributed by atoms with Crippen LogP contribution < -0.4 is 15.2 Å². The van der Waals surface area contributed by atoms with Gasteiger partial charge in [0, 0.05) is 11.6 Å². The first-order chi connectivity index (χ1) is 10.2. The molecule has 0 saturated carbocycles. The van der Waals surface area contributed by atoms with Gasteiger partial charge in [-0.1, -0.05) is 22.9 Å². The maximum atomic E-state index is 5.95. The Morgan fingerprint density at radius 1 is 1.10 bits per heavy atom. The average Bonchev–Trinajstić information content (AvgIpc) is 2.88. The largest absolute Gasteiger partial charge is 0.492 e. The van der Waals surface area contributed by atoms with Gasteiger partial charge in [-0.25, -0.2) is 4.98 Å². The number of fused-ring (bicyclic) bond motifs is 1. The molecule has 6 heteroatoms. The van der Waals surface area contributed by atoms with E-state index in [0.717, 1.165) is 16.0 Å². The quantitative estimate of drug-likeness (QED) is 0.769. The average molecular weight is 321 g/mol. The summed E-state index contributed by atoms with van der Waals surface area (Å²) in [7, 11) is 0. The van der Waals surface area contributed by atoms with Gasteiger partial charge in [0.15, 0.2) is 0 Å². The zero-order chi connectivity index (χ0) is 14.7. The Hall–Kier alpha value is -1.82. The highest BCUT2D eigenvalue weighted by atomic mass is 35.5. The number of nitrogens with zero attached hydrogens (tertiary/aromatic N) is 1. The lowest BCUT2D eigenvalue weighted by Gasteiger charge is -2.05. The lowest BCUT2D eigenvalue weighted by atomic mass is 10.3. The zero-order valence-corrected chi connectivity index (χ0v) is 12.7. The molecule has 0 spiro atoms. The van der Waals surface area contributed by atoms with Crippen LogP contribution in [0.5, 0.6) is 16.7 Å². The van der Waals surface area contributed by atoms with E-state index in [1.807, 2.05) is 42.5 Å². The van der Waals surface area contributed by atoms with Crippen LogP contribution in [-0.2, 0) is 0 Å². The minimum atomic E-state index is 0.493. The van der Waals surface area contributed by atoms with E-state index in [-0.39, 0.29) is 0 Å². The van der Waals surface area contributed by atoms with Crippen molar-refractivity contribution >= 4 is 33.2 Å². The minimum absolute atomic E-state index is 0.493. The van der Waals surface area contributed by atoms with Gasteiger partial charge in [0.1, 0.15) is 18.1 Å². The van der Waals surface area contributed by atoms with E-state index in [2.05, 4.69) is 4.98 Å². The second-order valence-electron chi connectivity index (χ2n) is 4.30. The van der Waals surface area contributed by atoms with E-state index in [1.165, 1.54) is 11.3 Å². The highest BCUT2D eigenvalue weighted by molar-refractivity contribution is 7.20. The summed E-state index contributed by atoms with van der Waals surface area (Å²) in [5.74, 6) is 1.48. The first-order valence-corrected chi connectivity index (χ1v) is 7.61. The van der Waals surface area contributed by atoms with Gasteiger partial charge in [-0.15, -0.1) is 0 Å². The van der Waals surface area contributed by atoms with Gasteiger partial charge in [-0.3, -0.25) is 0 Å². The Morgan fingerprint density at radius 2 is 1.86 bits per heavy atom. The first-order valence-electron chi connectivity index (χ1n) is 6.41. The predicted octanol–water partition coefficient (Wildman–Crippen LogP) is 4.08. The van der Waals surface area contributed by atoms with E-state index in [0.29, 0.717) is 29.1 Å². The molecule has 1 heterocycles. The third-order valence-electron chi connectivity index (χ3n) is 2.75. The predicted molar refractivity (Wildman–Crippen MR) is 85.7 cm³/mol. The lowest BCUT2D eigenvalue weighted by Crippen LogP contribution is -2.10. The monoisotopic (exact) mass is 320 g/mol. The molecule has 1 aromatic heterocycles. The molecule has 0 aliphatic carbocycles. The summed E-state index contributed by atoms with van der Waals surface area (Å²) in [5.41, 5.74) is 6.23. The molecular weight excluding hydrogens is 308 g/mol. The van der Waals surface area contributed by atoms with Crippen molar-refractivity contribution in [1.29, 1.82) is 0 Å². The zero-order valence-electron chi connectivity index (χ0n) is 11.1. The number of aromatic nitrogens is 1. The summed E-state index contributed by atoms with van der Waals surface area (Å²) in [5, 5.41) is 1.25. The Labute approximate surface area is 131 Å². The second kappa shape index (κ2) is 6.30. The van der Waals surface area contributed by atoms with Crippen LogP contribution in [0.1, 0.15) is 0 Å². The molecule has 2 N–H and O–H groups in total. The minimum Gasteiger partial charge on any atom is -0.492 e. The van der Waals surface area contributed by atoms with Gasteiger partial charge in [-0.05, 0) is 42.5 Å². The number of thiazole rings is 1. The summed E-state index contributed by atoms with van der Waals surface area (Å²) >= 11 is 7.43. The third kappa shape index (κ3) is 3.44. The number of rotatable bonds is 5. The fraction of sp³-hybridized carbons (Fsp3) is 0.133.